The molecule has 0 amide bonds. The number of nitrogens with zero attached hydrogens (tertiary/aromatic N) is 5. The number of rotatable bonds is 15. The van der Waals surface area contributed by atoms with E-state index in [1.54, 1.807) is 0 Å². The number of azo groups is 1. The maximum absolute atomic E-state index is 12.5. The Kier molecular flexibility index (Phi) is 16.5. The molecule has 62 heavy (non-hydrogen) atoms. The number of fused-ring (bicyclic) bond motifs is 1. The third-order valence-electron chi connectivity index (χ3n) is 7.37. The molecule has 0 saturated heterocycles. The first-order chi connectivity index (χ1) is 27.4. The quantitative estimate of drug-likeness (QED) is 0.0292. The van der Waals surface area contributed by atoms with Gasteiger partial charge >= 0.3 is 58.8 Å². The predicted molar refractivity (Wildman–Crippen MR) is 203 cm³/mol. The minimum atomic E-state index is -5.48. The fourth-order valence-electron chi connectivity index (χ4n) is 4.88. The Morgan fingerprint density at radius 1 is 0.629 bits per heavy atom. The van der Waals surface area contributed by atoms with Crippen LogP contribution in [0.2, 0.25) is 5.28 Å². The molecule has 26 nitrogen and oxygen atoms in total. The van der Waals surface area contributed by atoms with Gasteiger partial charge in [-0.25, -0.2) is 12.6 Å². The van der Waals surface area contributed by atoms with Gasteiger partial charge < -0.3 is 15.7 Å². The molecule has 0 saturated carbocycles. The second kappa shape index (κ2) is 19.3. The summed E-state index contributed by atoms with van der Waals surface area (Å²) >= 11 is 6.07. The average molecular weight is 1010 g/mol. The van der Waals surface area contributed by atoms with Crippen LogP contribution in [0.4, 0.5) is 34.6 Å². The number of phenols is 1. The number of sulfone groups is 1. The van der Waals surface area contributed by atoms with Gasteiger partial charge in [0.25, 0.3) is 40.5 Å². The molecule has 35 heteroatoms. The largest absolute Gasteiger partial charge is 1.00 e. The van der Waals surface area contributed by atoms with Gasteiger partial charge in [-0.3, -0.25) is 22.8 Å². The van der Waals surface area contributed by atoms with Crippen molar-refractivity contribution in [3.8, 4) is 5.75 Å². The number of halogens is 1. The normalized spacial score (nSPS) is 12.7. The first-order valence-electron chi connectivity index (χ1n) is 15.1. The second-order valence-electron chi connectivity index (χ2n) is 11.5. The summed E-state index contributed by atoms with van der Waals surface area (Å²) in [5, 5.41) is 21.7. The van der Waals surface area contributed by atoms with Gasteiger partial charge in [-0.1, -0.05) is 0 Å². The summed E-state index contributed by atoms with van der Waals surface area (Å²) in [7, 11) is -29.9. The van der Waals surface area contributed by atoms with Crippen LogP contribution in [-0.4, -0.2) is 106 Å². The molecule has 0 bridgehead atoms. The molecule has 4 aromatic carbocycles. The molecule has 0 radical (unpaired) electrons. The summed E-state index contributed by atoms with van der Waals surface area (Å²) < 4.78 is 195. The van der Waals surface area contributed by atoms with Gasteiger partial charge in [-0.2, -0.15) is 57.0 Å². The van der Waals surface area contributed by atoms with Crippen molar-refractivity contribution in [1.29, 1.82) is 0 Å². The Morgan fingerprint density at radius 3 is 1.71 bits per heavy atom. The third-order valence-corrected chi connectivity index (χ3v) is 13.1. The topological polar surface area (TPSA) is 423 Å². The van der Waals surface area contributed by atoms with E-state index in [2.05, 4.69) is 40.0 Å². The number of benzene rings is 4. The van der Waals surface area contributed by atoms with Crippen LogP contribution < -0.4 is 59.1 Å². The van der Waals surface area contributed by atoms with E-state index in [-0.39, 0.29) is 64.9 Å². The van der Waals surface area contributed by atoms with E-state index in [0.717, 1.165) is 12.1 Å². The van der Waals surface area contributed by atoms with Crippen molar-refractivity contribution in [2.45, 2.75) is 24.5 Å². The Bertz CT molecular complexity index is 3310. The van der Waals surface area contributed by atoms with Crippen LogP contribution in [0.25, 0.3) is 10.8 Å². The number of aromatic nitrogens is 3. The molecule has 1 heterocycles. The molecule has 0 aliphatic rings. The van der Waals surface area contributed by atoms with Gasteiger partial charge in [0.2, 0.25) is 17.2 Å². The molecule has 1 aromatic heterocycles. The van der Waals surface area contributed by atoms with Crippen LogP contribution in [0.15, 0.2) is 95.4 Å². The molecule has 5 rings (SSSR count). The summed E-state index contributed by atoms with van der Waals surface area (Å²) in [5.41, 5.74) is -2.72. The number of nitrogens with one attached hydrogen (secondary N) is 2. The number of anilines is 4. The summed E-state index contributed by atoms with van der Waals surface area (Å²) in [6, 6.07) is 7.85. The van der Waals surface area contributed by atoms with E-state index in [1.165, 1.54) is 12.1 Å². The zero-order chi connectivity index (χ0) is 44.8. The van der Waals surface area contributed by atoms with Gasteiger partial charge in [0.05, 0.1) is 32.7 Å². The zero-order valence-electron chi connectivity index (χ0n) is 30.7. The van der Waals surface area contributed by atoms with Crippen LogP contribution >= 0.6 is 11.6 Å². The first-order valence-corrected chi connectivity index (χ1v) is 24.3. The zero-order valence-corrected chi connectivity index (χ0v) is 38.4. The SMILES string of the molecule is O=S(=O)(O)OCCS(=O)(=O)c1ccc(Nc2nc(Cl)nc(Nc3cc(S(=O)(=O)O)cc4cc(S(=O)(=O)O)c(N=Nc5cc(S(=O)(=O)O)ccc5S(=O)(=O)O)c(O)c34)n2)cc1.[Li+].[Na+]. The molecule has 8 N–H and O–H groups in total. The van der Waals surface area contributed by atoms with E-state index in [4.69, 9.17) is 16.2 Å². The van der Waals surface area contributed by atoms with Crippen molar-refractivity contribution in [2.75, 3.05) is 23.0 Å². The van der Waals surface area contributed by atoms with Gasteiger partial charge in [0.15, 0.2) is 15.6 Å². The Morgan fingerprint density at radius 2 is 1.18 bits per heavy atom. The molecule has 5 aromatic rings. The molecule has 0 aliphatic carbocycles. The summed E-state index contributed by atoms with van der Waals surface area (Å²) in [6.45, 7) is -0.889. The van der Waals surface area contributed by atoms with Gasteiger partial charge in [-0.05, 0) is 77.7 Å². The van der Waals surface area contributed by atoms with Crippen LogP contribution in [0, 0.1) is 0 Å². The Balaban J connectivity index is 0.00000512. The summed E-state index contributed by atoms with van der Waals surface area (Å²) in [6.07, 6.45) is 0. The van der Waals surface area contributed by atoms with Crippen molar-refractivity contribution in [3.63, 3.8) is 0 Å². The Hall–Kier alpha value is -3.50. The molecule has 0 fully saturated rings. The first kappa shape index (κ1) is 52.8. The molecule has 0 spiro atoms. The molecule has 0 aliphatic heterocycles. The van der Waals surface area contributed by atoms with E-state index < -0.39 is 137 Å². The van der Waals surface area contributed by atoms with Gasteiger partial charge in [0.1, 0.15) is 21.2 Å². The van der Waals surface area contributed by atoms with E-state index in [1.807, 2.05) is 0 Å². The predicted octanol–water partition coefficient (Wildman–Crippen LogP) is -3.13. The second-order valence-corrected chi connectivity index (χ2v) is 20.6. The molecule has 0 unspecified atom stereocenters. The standard InChI is InChI=1S/C27H22ClN7O19S6.Li.Na/c28-25-31-26(29-14-1-3-15(4-2-14)55(37,38)8-7-54-60(51,52)53)33-27(32-25)30-19-12-17(57(42,43)44)9-13-10-21(59(48,49)50)23(24(36)22(13)19)35-34-18-11-16(56(39,40)41)5-6-20(18)58(45,46)47;;/h1-6,9-12,36H,7-8H2,(H,39,40,41)(H,42,43,44)(H,45,46,47)(H,48,49,50)(H,51,52,53)(H2,29,30,31,32,33);;/q;2*+1. The molecule has 0 atom stereocenters. The summed E-state index contributed by atoms with van der Waals surface area (Å²) in [4.78, 5) is 7.02. The summed E-state index contributed by atoms with van der Waals surface area (Å²) in [5.74, 6) is -3.04. The molecular weight excluding hydrogens is 984 g/mol. The van der Waals surface area contributed by atoms with E-state index >= 15 is 0 Å². The smallest absolute Gasteiger partial charge is 0.505 e. The van der Waals surface area contributed by atoms with Crippen molar-refractivity contribution in [3.05, 3.63) is 65.9 Å². The molecule has 322 valence electrons. The maximum Gasteiger partial charge on any atom is 1.00 e. The number of aromatic hydroxyl groups is 1. The minimum absolute atomic E-state index is 0. The third kappa shape index (κ3) is 13.3. The van der Waals surface area contributed by atoms with Crippen LogP contribution in [0.3, 0.4) is 0 Å². The Labute approximate surface area is 389 Å². The van der Waals surface area contributed by atoms with Gasteiger partial charge in [-0.15, -0.1) is 10.2 Å². The fourth-order valence-corrected chi connectivity index (χ4v) is 8.84. The van der Waals surface area contributed by atoms with Crippen molar-refractivity contribution in [2.24, 2.45) is 10.2 Å². The fraction of sp³-hybridized carbons (Fsp3) is 0.0741. The van der Waals surface area contributed by atoms with Crippen LogP contribution in [0.5, 0.6) is 5.75 Å². The van der Waals surface area contributed by atoms with Crippen molar-refractivity contribution in [1.82, 2.24) is 15.0 Å². The van der Waals surface area contributed by atoms with Crippen LogP contribution in [0.1, 0.15) is 0 Å². The number of hydrogen-bond donors (Lipinski definition) is 8. The van der Waals surface area contributed by atoms with Gasteiger partial charge in [0, 0.05) is 11.1 Å². The van der Waals surface area contributed by atoms with Crippen LogP contribution in [-0.2, 0) is 64.9 Å². The van der Waals surface area contributed by atoms with Crippen molar-refractivity contribution >= 4 is 118 Å². The minimum Gasteiger partial charge on any atom is -0.505 e. The van der Waals surface area contributed by atoms with E-state index in [9.17, 15) is 73.8 Å². The monoisotopic (exact) mass is 1000 g/mol. The van der Waals surface area contributed by atoms with Crippen molar-refractivity contribution < 1.29 is 131 Å². The van der Waals surface area contributed by atoms with E-state index in [0.29, 0.717) is 36.4 Å². The number of phenolic OH excluding ortho intramolecular Hbond substituents is 1. The average Bonchev–Trinajstić information content (AvgIpc) is 3.08. The molecular formula is C27H22ClLiN7NaO19S6+2. The number of hydrogen-bond acceptors (Lipinski definition) is 21. The maximum atomic E-state index is 12.5.